The third-order valence-electron chi connectivity index (χ3n) is 9.05. The molecule has 2 saturated carbocycles. The minimum absolute atomic E-state index is 0. The predicted octanol–water partition coefficient (Wildman–Crippen LogP) is 13.8. The summed E-state index contributed by atoms with van der Waals surface area (Å²) in [5.41, 5.74) is 4.05. The van der Waals surface area contributed by atoms with Crippen LogP contribution in [0.15, 0.2) is 116 Å². The van der Waals surface area contributed by atoms with Crippen LogP contribution < -0.4 is 0 Å². The fourth-order valence-corrected chi connectivity index (χ4v) is 7.39. The van der Waals surface area contributed by atoms with E-state index < -0.39 is 0 Å². The third-order valence-corrected chi connectivity index (χ3v) is 10.0. The molecule has 44 heavy (non-hydrogen) atoms. The van der Waals surface area contributed by atoms with Crippen LogP contribution in [-0.4, -0.2) is 4.57 Å². The van der Waals surface area contributed by atoms with Crippen LogP contribution in [0.5, 0.6) is 0 Å². The second-order valence-electron chi connectivity index (χ2n) is 12.0. The number of nitrogens with zero attached hydrogens (tertiary/aromatic N) is 1. The van der Waals surface area contributed by atoms with Crippen molar-refractivity contribution in [1.82, 2.24) is 4.57 Å². The lowest BCUT2D eigenvalue weighted by Crippen LogP contribution is -1.94. The van der Waals surface area contributed by atoms with Crippen LogP contribution in [0, 0.1) is 23.7 Å². The zero-order valence-corrected chi connectivity index (χ0v) is 27.4. The van der Waals surface area contributed by atoms with E-state index >= 15 is 0 Å². The summed E-state index contributed by atoms with van der Waals surface area (Å²) in [6, 6.07) is 27.7. The Morgan fingerprint density at radius 3 is 1.52 bits per heavy atom. The molecule has 0 aliphatic heterocycles. The predicted molar refractivity (Wildman–Crippen MR) is 203 cm³/mol. The molecule has 1 aromatic heterocycles. The number of rotatable bonds is 8. The standard InChI is InChI=1S/C16H24.C14H13N.C10H13Br.2CH4/c1-3-13-5-7-15(11-13)9-10-16-8-6-14(4-2)12-16;1-2-15-13-9-5-3-7-11(13)12-8-4-6-10-14(12)15;1-2-6-10(11)9-7-4-3-5-8-9;;/h3-4,9-10,13-16H,1-2,5-8,11-12H2;3-10H,2H2,1H3;3-5,7-8,10H,2,6H2,1H3;2*1H4/b10-9-;;;;. The summed E-state index contributed by atoms with van der Waals surface area (Å²) >= 11 is 3.65. The van der Waals surface area contributed by atoms with Crippen LogP contribution in [0.3, 0.4) is 0 Å². The van der Waals surface area contributed by atoms with Gasteiger partial charge in [-0.05, 0) is 93.2 Å². The van der Waals surface area contributed by atoms with Crippen molar-refractivity contribution in [2.75, 3.05) is 0 Å². The van der Waals surface area contributed by atoms with E-state index in [2.05, 4.69) is 151 Å². The molecule has 238 valence electrons. The summed E-state index contributed by atoms with van der Waals surface area (Å²) in [5.74, 6) is 3.20. The number of aromatic nitrogens is 1. The molecule has 3 aromatic carbocycles. The van der Waals surface area contributed by atoms with E-state index in [0.29, 0.717) is 4.83 Å². The Kier molecular flexibility index (Phi) is 16.6. The number of para-hydroxylation sites is 2. The molecule has 0 N–H and O–H groups in total. The van der Waals surface area contributed by atoms with Gasteiger partial charge in [-0.2, -0.15) is 0 Å². The van der Waals surface area contributed by atoms with Gasteiger partial charge in [-0.15, -0.1) is 13.2 Å². The van der Waals surface area contributed by atoms with Crippen molar-refractivity contribution in [2.45, 2.75) is 91.4 Å². The molecule has 5 unspecified atom stereocenters. The molecule has 0 saturated heterocycles. The zero-order chi connectivity index (χ0) is 29.7. The van der Waals surface area contributed by atoms with Gasteiger partial charge in [-0.3, -0.25) is 0 Å². The molecular weight excluding hydrogens is 598 g/mol. The van der Waals surface area contributed by atoms with E-state index in [1.54, 1.807) is 0 Å². The van der Waals surface area contributed by atoms with Crippen LogP contribution in [-0.2, 0) is 6.54 Å². The second kappa shape index (κ2) is 19.5. The maximum absolute atomic E-state index is 3.90. The summed E-state index contributed by atoms with van der Waals surface area (Å²) in [7, 11) is 0. The van der Waals surface area contributed by atoms with Gasteiger partial charge in [0.25, 0.3) is 0 Å². The first-order valence-corrected chi connectivity index (χ1v) is 17.1. The van der Waals surface area contributed by atoms with E-state index in [1.165, 1.54) is 78.7 Å². The molecule has 0 radical (unpaired) electrons. The lowest BCUT2D eigenvalue weighted by molar-refractivity contribution is 0.613. The Morgan fingerprint density at radius 1 is 0.682 bits per heavy atom. The molecule has 2 aliphatic carbocycles. The summed E-state index contributed by atoms with van der Waals surface area (Å²) in [5, 5.41) is 2.71. The first-order chi connectivity index (χ1) is 20.6. The highest BCUT2D eigenvalue weighted by Gasteiger charge is 2.23. The van der Waals surface area contributed by atoms with Gasteiger partial charge in [0, 0.05) is 33.2 Å². The van der Waals surface area contributed by atoms with Crippen molar-refractivity contribution in [3.05, 3.63) is 122 Å². The topological polar surface area (TPSA) is 4.93 Å². The number of benzene rings is 3. The number of alkyl halides is 1. The lowest BCUT2D eigenvalue weighted by atomic mass is 10.00. The molecule has 0 spiro atoms. The average molecular weight is 657 g/mol. The fourth-order valence-electron chi connectivity index (χ4n) is 6.62. The fraction of sp³-hybridized carbons (Fsp3) is 0.429. The van der Waals surface area contributed by atoms with Crippen LogP contribution in [0.1, 0.15) is 90.5 Å². The minimum Gasteiger partial charge on any atom is -0.341 e. The monoisotopic (exact) mass is 655 g/mol. The lowest BCUT2D eigenvalue weighted by Gasteiger charge is -2.07. The Labute approximate surface area is 278 Å². The summed E-state index contributed by atoms with van der Waals surface area (Å²) in [6.45, 7) is 13.2. The Balaban J connectivity index is 0.000000229. The highest BCUT2D eigenvalue weighted by molar-refractivity contribution is 9.09. The van der Waals surface area contributed by atoms with Crippen LogP contribution in [0.2, 0.25) is 0 Å². The second-order valence-corrected chi connectivity index (χ2v) is 13.1. The molecule has 1 nitrogen and oxygen atoms in total. The zero-order valence-electron chi connectivity index (χ0n) is 25.8. The number of hydrogen-bond donors (Lipinski definition) is 0. The van der Waals surface area contributed by atoms with Crippen LogP contribution in [0.25, 0.3) is 21.8 Å². The quantitative estimate of drug-likeness (QED) is 0.131. The van der Waals surface area contributed by atoms with Crippen molar-refractivity contribution in [2.24, 2.45) is 23.7 Å². The average Bonchev–Trinajstić information content (AvgIpc) is 3.78. The molecule has 4 aromatic rings. The highest BCUT2D eigenvalue weighted by Crippen LogP contribution is 2.36. The van der Waals surface area contributed by atoms with Crippen molar-refractivity contribution >= 4 is 37.7 Å². The van der Waals surface area contributed by atoms with E-state index in [0.717, 1.165) is 30.2 Å². The summed E-state index contributed by atoms with van der Waals surface area (Å²) in [4.78, 5) is 0.536. The third kappa shape index (κ3) is 10.1. The van der Waals surface area contributed by atoms with E-state index in [9.17, 15) is 0 Å². The Bertz CT molecular complexity index is 1330. The van der Waals surface area contributed by atoms with Gasteiger partial charge in [0.1, 0.15) is 0 Å². The Hall–Kier alpha value is -2.84. The van der Waals surface area contributed by atoms with Gasteiger partial charge in [0.2, 0.25) is 0 Å². The first kappa shape index (κ1) is 37.3. The number of halogens is 1. The molecule has 0 amide bonds. The molecule has 2 aliphatic rings. The normalized spacial score (nSPS) is 21.3. The van der Waals surface area contributed by atoms with Crippen LogP contribution >= 0.6 is 15.9 Å². The maximum Gasteiger partial charge on any atom is 0.0491 e. The molecule has 5 atom stereocenters. The van der Waals surface area contributed by atoms with Gasteiger partial charge in [-0.1, -0.05) is 135 Å². The molecule has 2 fully saturated rings. The smallest absolute Gasteiger partial charge is 0.0491 e. The number of aryl methyl sites for hydroxylation is 1. The van der Waals surface area contributed by atoms with Gasteiger partial charge >= 0.3 is 0 Å². The first-order valence-electron chi connectivity index (χ1n) is 16.2. The minimum atomic E-state index is 0. The van der Waals surface area contributed by atoms with Crippen molar-refractivity contribution in [3.8, 4) is 0 Å². The number of allylic oxidation sites excluding steroid dienone is 4. The molecule has 0 bridgehead atoms. The van der Waals surface area contributed by atoms with Crippen LogP contribution in [0.4, 0.5) is 0 Å². The molecule has 1 heterocycles. The van der Waals surface area contributed by atoms with Crippen molar-refractivity contribution < 1.29 is 0 Å². The highest BCUT2D eigenvalue weighted by atomic mass is 79.9. The van der Waals surface area contributed by atoms with Crippen molar-refractivity contribution in [1.29, 1.82) is 0 Å². The summed E-state index contributed by atoms with van der Waals surface area (Å²) < 4.78 is 2.37. The number of hydrogen-bond acceptors (Lipinski definition) is 0. The molecule has 2 heteroatoms. The largest absolute Gasteiger partial charge is 0.341 e. The molecule has 6 rings (SSSR count). The van der Waals surface area contributed by atoms with Gasteiger partial charge < -0.3 is 4.57 Å². The van der Waals surface area contributed by atoms with E-state index in [1.807, 2.05) is 0 Å². The maximum atomic E-state index is 3.90. The van der Waals surface area contributed by atoms with Gasteiger partial charge in [-0.25, -0.2) is 0 Å². The SMILES string of the molecule is C.C.C=CC1CCC(/C=C\C2CCC(C=C)C2)C1.CCCC(Br)c1ccccc1.CCn1c2ccccc2c2ccccc21. The molecular formula is C42H58BrN. The van der Waals surface area contributed by atoms with E-state index in [-0.39, 0.29) is 14.9 Å². The number of fused-ring (bicyclic) bond motifs is 3. The van der Waals surface area contributed by atoms with Gasteiger partial charge in [0.15, 0.2) is 0 Å². The van der Waals surface area contributed by atoms with Crippen molar-refractivity contribution in [3.63, 3.8) is 0 Å². The van der Waals surface area contributed by atoms with E-state index in [4.69, 9.17) is 0 Å². The van der Waals surface area contributed by atoms with Gasteiger partial charge in [0.05, 0.1) is 0 Å². The summed E-state index contributed by atoms with van der Waals surface area (Å²) in [6.07, 6.45) is 19.8. The Morgan fingerprint density at radius 2 is 1.11 bits per heavy atom.